The van der Waals surface area contributed by atoms with Crippen LogP contribution in [0.1, 0.15) is 12.8 Å². The van der Waals surface area contributed by atoms with Crippen molar-refractivity contribution < 1.29 is 13.2 Å². The minimum Gasteiger partial charge on any atom is -0.376 e. The molecule has 0 aromatic carbocycles. The average Bonchev–Trinajstić information content (AvgIpc) is 1.78. The number of rotatable bonds is 3. The minimum absolute atomic E-state index is 0.000833. The minimum atomic E-state index is -4.09. The van der Waals surface area contributed by atoms with Crippen LogP contribution in [0.4, 0.5) is 13.2 Å². The Bertz CT molecular complexity index is 134. The summed E-state index contributed by atoms with van der Waals surface area (Å²) in [6.07, 6.45) is -4.89. The molecule has 0 aromatic rings. The summed E-state index contributed by atoms with van der Waals surface area (Å²) < 4.78 is 34.5. The summed E-state index contributed by atoms with van der Waals surface area (Å²) in [7, 11) is 0. The second kappa shape index (κ2) is 4.38. The van der Waals surface area contributed by atoms with E-state index in [-0.39, 0.29) is 18.1 Å². The molecule has 0 bridgehead atoms. The van der Waals surface area contributed by atoms with Crippen LogP contribution in [0.15, 0.2) is 0 Å². The van der Waals surface area contributed by atoms with E-state index < -0.39 is 12.6 Å². The summed E-state index contributed by atoms with van der Waals surface area (Å²) >= 11 is 4.39. The second-order valence-corrected chi connectivity index (χ2v) is 2.45. The Morgan fingerprint density at radius 1 is 1.45 bits per heavy atom. The van der Waals surface area contributed by atoms with Crippen molar-refractivity contribution >= 4 is 17.3 Å². The summed E-state index contributed by atoms with van der Waals surface area (Å²) in [6.45, 7) is 0.175. The number of halogens is 3. The lowest BCUT2D eigenvalue weighted by atomic mass is 10.3. The highest BCUT2D eigenvalue weighted by Gasteiger charge is 2.25. The SMILES string of the molecule is NC(=S)NCCCC(F)(F)F. The van der Waals surface area contributed by atoms with Gasteiger partial charge in [0.2, 0.25) is 0 Å². The Balaban J connectivity index is 3.22. The molecule has 6 heteroatoms. The van der Waals surface area contributed by atoms with E-state index in [4.69, 9.17) is 5.73 Å². The predicted molar refractivity (Wildman–Crippen MR) is 40.1 cm³/mol. The lowest BCUT2D eigenvalue weighted by Crippen LogP contribution is -2.30. The van der Waals surface area contributed by atoms with Crippen LogP contribution in [0.3, 0.4) is 0 Å². The molecule has 0 spiro atoms. The van der Waals surface area contributed by atoms with Crippen LogP contribution in [0.5, 0.6) is 0 Å². The maximum atomic E-state index is 11.5. The molecule has 0 fully saturated rings. The average molecular weight is 186 g/mol. The number of hydrogen-bond acceptors (Lipinski definition) is 1. The van der Waals surface area contributed by atoms with Gasteiger partial charge in [0, 0.05) is 13.0 Å². The van der Waals surface area contributed by atoms with Crippen LogP contribution in [0.25, 0.3) is 0 Å². The Morgan fingerprint density at radius 3 is 2.36 bits per heavy atom. The molecule has 0 aliphatic heterocycles. The summed E-state index contributed by atoms with van der Waals surface area (Å²) in [4.78, 5) is 0. The number of nitrogens with one attached hydrogen (secondary N) is 1. The zero-order chi connectivity index (χ0) is 8.91. The van der Waals surface area contributed by atoms with E-state index >= 15 is 0 Å². The molecule has 0 heterocycles. The van der Waals surface area contributed by atoms with Crippen molar-refractivity contribution in [3.63, 3.8) is 0 Å². The highest BCUT2D eigenvalue weighted by molar-refractivity contribution is 7.80. The molecule has 0 saturated heterocycles. The molecular weight excluding hydrogens is 177 g/mol. The Kier molecular flexibility index (Phi) is 4.17. The van der Waals surface area contributed by atoms with Crippen molar-refractivity contribution in [2.75, 3.05) is 6.54 Å². The van der Waals surface area contributed by atoms with Crippen LogP contribution in [0.2, 0.25) is 0 Å². The van der Waals surface area contributed by atoms with Crippen LogP contribution < -0.4 is 11.1 Å². The monoisotopic (exact) mass is 186 g/mol. The van der Waals surface area contributed by atoms with Gasteiger partial charge in [0.05, 0.1) is 0 Å². The van der Waals surface area contributed by atoms with Gasteiger partial charge < -0.3 is 11.1 Å². The molecule has 0 unspecified atom stereocenters. The molecule has 0 amide bonds. The van der Waals surface area contributed by atoms with Gasteiger partial charge >= 0.3 is 6.18 Å². The van der Waals surface area contributed by atoms with Gasteiger partial charge in [-0.25, -0.2) is 0 Å². The van der Waals surface area contributed by atoms with Gasteiger partial charge in [-0.15, -0.1) is 0 Å². The summed E-state index contributed by atoms with van der Waals surface area (Å²) in [5.41, 5.74) is 4.98. The third-order valence-corrected chi connectivity index (χ3v) is 1.08. The third-order valence-electron chi connectivity index (χ3n) is 0.936. The first-order valence-electron chi connectivity index (χ1n) is 3.02. The fourth-order valence-corrected chi connectivity index (χ4v) is 0.602. The number of alkyl halides is 3. The lowest BCUT2D eigenvalue weighted by Gasteiger charge is -2.06. The Hall–Kier alpha value is -0.520. The fraction of sp³-hybridized carbons (Fsp3) is 0.800. The zero-order valence-electron chi connectivity index (χ0n) is 5.74. The first kappa shape index (κ1) is 10.5. The largest absolute Gasteiger partial charge is 0.389 e. The normalized spacial score (nSPS) is 11.2. The smallest absolute Gasteiger partial charge is 0.376 e. The highest BCUT2D eigenvalue weighted by atomic mass is 32.1. The first-order valence-corrected chi connectivity index (χ1v) is 3.43. The summed E-state index contributed by atoms with van der Waals surface area (Å²) in [5, 5.41) is 2.46. The van der Waals surface area contributed by atoms with Gasteiger partial charge in [0.1, 0.15) is 0 Å². The third kappa shape index (κ3) is 9.48. The van der Waals surface area contributed by atoms with Gasteiger partial charge in [-0.2, -0.15) is 13.2 Å². The van der Waals surface area contributed by atoms with Crippen LogP contribution in [-0.4, -0.2) is 17.8 Å². The molecule has 66 valence electrons. The standard InChI is InChI=1S/C5H9F3N2S/c6-5(7,8)2-1-3-10-4(9)11/h1-3H2,(H3,9,10,11). The molecule has 0 aliphatic carbocycles. The van der Waals surface area contributed by atoms with Crippen LogP contribution >= 0.6 is 12.2 Å². The Morgan fingerprint density at radius 2 is 2.00 bits per heavy atom. The van der Waals surface area contributed by atoms with Crippen molar-refractivity contribution in [1.29, 1.82) is 0 Å². The quantitative estimate of drug-likeness (QED) is 0.513. The summed E-state index contributed by atoms with van der Waals surface area (Å²) in [6, 6.07) is 0. The number of hydrogen-bond donors (Lipinski definition) is 2. The molecule has 3 N–H and O–H groups in total. The van der Waals surface area contributed by atoms with E-state index in [1.165, 1.54) is 0 Å². The second-order valence-electron chi connectivity index (χ2n) is 2.01. The van der Waals surface area contributed by atoms with E-state index in [9.17, 15) is 13.2 Å². The van der Waals surface area contributed by atoms with Crippen molar-refractivity contribution in [3.8, 4) is 0 Å². The van der Waals surface area contributed by atoms with E-state index in [2.05, 4.69) is 17.5 Å². The highest BCUT2D eigenvalue weighted by Crippen LogP contribution is 2.20. The molecular formula is C5H9F3N2S. The zero-order valence-corrected chi connectivity index (χ0v) is 6.56. The van der Waals surface area contributed by atoms with E-state index in [1.807, 2.05) is 0 Å². The molecule has 11 heavy (non-hydrogen) atoms. The van der Waals surface area contributed by atoms with E-state index in [0.717, 1.165) is 0 Å². The van der Waals surface area contributed by atoms with Gasteiger partial charge in [0.25, 0.3) is 0 Å². The fourth-order valence-electron chi connectivity index (χ4n) is 0.500. The predicted octanol–water partition coefficient (Wildman–Crippen LogP) is 1.16. The first-order chi connectivity index (χ1) is 4.92. The maximum Gasteiger partial charge on any atom is 0.389 e. The van der Waals surface area contributed by atoms with E-state index in [1.54, 1.807) is 0 Å². The Labute approximate surface area is 67.9 Å². The van der Waals surface area contributed by atoms with Crippen molar-refractivity contribution in [1.82, 2.24) is 5.32 Å². The van der Waals surface area contributed by atoms with Crippen molar-refractivity contribution in [3.05, 3.63) is 0 Å². The summed E-state index contributed by atoms with van der Waals surface area (Å²) in [5.74, 6) is 0. The van der Waals surface area contributed by atoms with Gasteiger partial charge in [-0.1, -0.05) is 0 Å². The topological polar surface area (TPSA) is 38.0 Å². The van der Waals surface area contributed by atoms with Gasteiger partial charge in [-0.05, 0) is 18.6 Å². The van der Waals surface area contributed by atoms with Gasteiger partial charge in [-0.3, -0.25) is 0 Å². The van der Waals surface area contributed by atoms with Gasteiger partial charge in [0.15, 0.2) is 5.11 Å². The molecule has 0 rings (SSSR count). The van der Waals surface area contributed by atoms with Crippen LogP contribution in [-0.2, 0) is 0 Å². The molecule has 0 aromatic heterocycles. The molecule has 0 saturated carbocycles. The van der Waals surface area contributed by atoms with E-state index in [0.29, 0.717) is 0 Å². The van der Waals surface area contributed by atoms with Crippen molar-refractivity contribution in [2.24, 2.45) is 5.73 Å². The molecule has 2 nitrogen and oxygen atoms in total. The lowest BCUT2D eigenvalue weighted by molar-refractivity contribution is -0.135. The molecule has 0 radical (unpaired) electrons. The molecule has 0 atom stereocenters. The number of nitrogens with two attached hydrogens (primary N) is 1. The molecule has 0 aliphatic rings. The van der Waals surface area contributed by atoms with Crippen molar-refractivity contribution in [2.45, 2.75) is 19.0 Å². The van der Waals surface area contributed by atoms with Crippen LogP contribution in [0, 0.1) is 0 Å². The maximum absolute atomic E-state index is 11.5. The number of thiocarbonyl (C=S) groups is 1.